The SMILES string of the molecule is CC1(C)CCCC=C1[Si](C)(C)C. The molecule has 0 saturated heterocycles. The Bertz CT molecular complexity index is 194. The smallest absolute Gasteiger partial charge is 0.0727 e. The van der Waals surface area contributed by atoms with E-state index in [1.165, 1.54) is 19.3 Å². The summed E-state index contributed by atoms with van der Waals surface area (Å²) in [5.74, 6) is 0. The molecule has 0 unspecified atom stereocenters. The molecule has 0 radical (unpaired) electrons. The van der Waals surface area contributed by atoms with Gasteiger partial charge in [-0.25, -0.2) is 0 Å². The van der Waals surface area contributed by atoms with E-state index in [2.05, 4.69) is 39.6 Å². The largest absolute Gasteiger partial charge is 0.0886 e. The zero-order valence-electron chi connectivity index (χ0n) is 9.20. The van der Waals surface area contributed by atoms with Crippen LogP contribution in [0.15, 0.2) is 11.3 Å². The normalized spacial score (nSPS) is 23.6. The highest BCUT2D eigenvalue weighted by Crippen LogP contribution is 2.41. The van der Waals surface area contributed by atoms with Crippen LogP contribution in [0, 0.1) is 5.41 Å². The molecule has 1 rings (SSSR count). The molecule has 0 spiro atoms. The van der Waals surface area contributed by atoms with E-state index < -0.39 is 8.07 Å². The lowest BCUT2D eigenvalue weighted by atomic mass is 9.82. The molecule has 0 aromatic heterocycles. The zero-order chi connectivity index (χ0) is 9.41. The van der Waals surface area contributed by atoms with Crippen molar-refractivity contribution in [3.63, 3.8) is 0 Å². The van der Waals surface area contributed by atoms with Crippen molar-refractivity contribution >= 4 is 8.07 Å². The van der Waals surface area contributed by atoms with E-state index in [0.29, 0.717) is 5.41 Å². The number of hydrogen-bond donors (Lipinski definition) is 0. The van der Waals surface area contributed by atoms with E-state index >= 15 is 0 Å². The van der Waals surface area contributed by atoms with Crippen LogP contribution < -0.4 is 0 Å². The fraction of sp³-hybridized carbons (Fsp3) is 0.818. The Labute approximate surface area is 78.1 Å². The van der Waals surface area contributed by atoms with Crippen LogP contribution >= 0.6 is 0 Å². The van der Waals surface area contributed by atoms with E-state index in [0.717, 1.165) is 0 Å². The average Bonchev–Trinajstić information content (AvgIpc) is 1.83. The fourth-order valence-corrected chi connectivity index (χ4v) is 5.43. The van der Waals surface area contributed by atoms with Crippen LogP contribution in [0.2, 0.25) is 19.6 Å². The molecule has 0 saturated carbocycles. The van der Waals surface area contributed by atoms with Crippen molar-refractivity contribution in [1.29, 1.82) is 0 Å². The Morgan fingerprint density at radius 2 is 1.83 bits per heavy atom. The highest BCUT2D eigenvalue weighted by Gasteiger charge is 2.33. The van der Waals surface area contributed by atoms with Gasteiger partial charge in [0.2, 0.25) is 0 Å². The van der Waals surface area contributed by atoms with E-state index in [1.807, 2.05) is 0 Å². The molecule has 0 heterocycles. The van der Waals surface area contributed by atoms with E-state index in [1.54, 1.807) is 5.20 Å². The van der Waals surface area contributed by atoms with Gasteiger partial charge in [-0.1, -0.05) is 44.8 Å². The second-order valence-electron chi connectivity index (χ2n) is 5.64. The van der Waals surface area contributed by atoms with Gasteiger partial charge in [0.15, 0.2) is 0 Å². The summed E-state index contributed by atoms with van der Waals surface area (Å²) in [6.07, 6.45) is 6.63. The van der Waals surface area contributed by atoms with Gasteiger partial charge in [0.05, 0.1) is 8.07 Å². The molecular weight excluding hydrogens is 160 g/mol. The fourth-order valence-electron chi connectivity index (χ4n) is 2.52. The van der Waals surface area contributed by atoms with Gasteiger partial charge in [-0.05, 0) is 24.7 Å². The van der Waals surface area contributed by atoms with Crippen molar-refractivity contribution in [3.8, 4) is 0 Å². The molecule has 0 aromatic carbocycles. The highest BCUT2D eigenvalue weighted by atomic mass is 28.3. The predicted octanol–water partition coefficient (Wildman–Crippen LogP) is 4.00. The van der Waals surface area contributed by atoms with Crippen LogP contribution in [-0.2, 0) is 0 Å². The molecule has 12 heavy (non-hydrogen) atoms. The Morgan fingerprint density at radius 3 is 2.17 bits per heavy atom. The van der Waals surface area contributed by atoms with Crippen molar-refractivity contribution in [2.45, 2.75) is 52.8 Å². The van der Waals surface area contributed by atoms with Crippen LogP contribution in [0.25, 0.3) is 0 Å². The summed E-state index contributed by atoms with van der Waals surface area (Å²) in [6.45, 7) is 12.2. The second kappa shape index (κ2) is 3.02. The van der Waals surface area contributed by atoms with Crippen LogP contribution in [0.5, 0.6) is 0 Å². The van der Waals surface area contributed by atoms with Gasteiger partial charge in [0, 0.05) is 0 Å². The van der Waals surface area contributed by atoms with Crippen LogP contribution in [-0.4, -0.2) is 8.07 Å². The molecule has 1 heteroatoms. The van der Waals surface area contributed by atoms with Gasteiger partial charge < -0.3 is 0 Å². The molecule has 0 N–H and O–H groups in total. The van der Waals surface area contributed by atoms with Crippen molar-refractivity contribution in [2.75, 3.05) is 0 Å². The quantitative estimate of drug-likeness (QED) is 0.538. The maximum Gasteiger partial charge on any atom is 0.0727 e. The molecule has 0 atom stereocenters. The summed E-state index contributed by atoms with van der Waals surface area (Å²) in [6, 6.07) is 0. The highest BCUT2D eigenvalue weighted by molar-refractivity contribution is 6.83. The van der Waals surface area contributed by atoms with Gasteiger partial charge in [-0.2, -0.15) is 0 Å². The summed E-state index contributed by atoms with van der Waals surface area (Å²) < 4.78 is 0. The first-order valence-corrected chi connectivity index (χ1v) is 8.55. The lowest BCUT2D eigenvalue weighted by Gasteiger charge is -2.38. The van der Waals surface area contributed by atoms with E-state index in [9.17, 15) is 0 Å². The van der Waals surface area contributed by atoms with Crippen molar-refractivity contribution in [1.82, 2.24) is 0 Å². The molecule has 1 aliphatic rings. The number of hydrogen-bond acceptors (Lipinski definition) is 0. The topological polar surface area (TPSA) is 0 Å². The Morgan fingerprint density at radius 1 is 1.25 bits per heavy atom. The number of rotatable bonds is 1. The van der Waals surface area contributed by atoms with Crippen LogP contribution in [0.1, 0.15) is 33.1 Å². The van der Waals surface area contributed by atoms with Crippen LogP contribution in [0.4, 0.5) is 0 Å². The zero-order valence-corrected chi connectivity index (χ0v) is 10.2. The first kappa shape index (κ1) is 10.0. The third-order valence-electron chi connectivity index (χ3n) is 2.89. The molecule has 70 valence electrons. The Balaban J connectivity index is 2.94. The minimum Gasteiger partial charge on any atom is -0.0886 e. The van der Waals surface area contributed by atoms with Crippen LogP contribution in [0.3, 0.4) is 0 Å². The third kappa shape index (κ3) is 2.01. The summed E-state index contributed by atoms with van der Waals surface area (Å²) in [4.78, 5) is 0. The maximum absolute atomic E-state index is 2.52. The minimum atomic E-state index is -1.03. The first-order valence-electron chi connectivity index (χ1n) is 5.05. The lowest BCUT2D eigenvalue weighted by Crippen LogP contribution is -2.35. The summed E-state index contributed by atoms with van der Waals surface area (Å²) in [7, 11) is -1.03. The molecule has 0 nitrogen and oxygen atoms in total. The summed E-state index contributed by atoms with van der Waals surface area (Å²) in [5, 5.41) is 1.79. The molecule has 0 bridgehead atoms. The van der Waals surface area contributed by atoms with Gasteiger partial charge >= 0.3 is 0 Å². The van der Waals surface area contributed by atoms with Gasteiger partial charge in [0.25, 0.3) is 0 Å². The number of allylic oxidation sites excluding steroid dienone is 2. The summed E-state index contributed by atoms with van der Waals surface area (Å²) >= 11 is 0. The van der Waals surface area contributed by atoms with Gasteiger partial charge in [0.1, 0.15) is 0 Å². The Kier molecular flexibility index (Phi) is 2.53. The second-order valence-corrected chi connectivity index (χ2v) is 10.7. The average molecular weight is 182 g/mol. The standard InChI is InChI=1S/C11H22Si/c1-11(2)9-7-6-8-10(11)12(3,4)5/h8H,6-7,9H2,1-5H3. The third-order valence-corrected chi connectivity index (χ3v) is 5.39. The minimum absolute atomic E-state index is 0.503. The maximum atomic E-state index is 2.52. The molecular formula is C11H22Si. The van der Waals surface area contributed by atoms with E-state index in [4.69, 9.17) is 0 Å². The Hall–Kier alpha value is -0.0431. The molecule has 0 aliphatic heterocycles. The van der Waals surface area contributed by atoms with E-state index in [-0.39, 0.29) is 0 Å². The van der Waals surface area contributed by atoms with Gasteiger partial charge in [-0.3, -0.25) is 0 Å². The molecule has 1 aliphatic carbocycles. The first-order chi connectivity index (χ1) is 5.34. The van der Waals surface area contributed by atoms with Crippen molar-refractivity contribution in [3.05, 3.63) is 11.3 Å². The summed E-state index contributed by atoms with van der Waals surface area (Å²) in [5.41, 5.74) is 0.503. The van der Waals surface area contributed by atoms with Crippen molar-refractivity contribution < 1.29 is 0 Å². The van der Waals surface area contributed by atoms with Gasteiger partial charge in [-0.15, -0.1) is 0 Å². The van der Waals surface area contributed by atoms with Crippen molar-refractivity contribution in [2.24, 2.45) is 5.41 Å². The molecule has 0 aromatic rings. The predicted molar refractivity (Wildman–Crippen MR) is 59.1 cm³/mol. The monoisotopic (exact) mass is 182 g/mol. The molecule has 0 amide bonds. The molecule has 0 fully saturated rings. The lowest BCUT2D eigenvalue weighted by molar-refractivity contribution is 0.391.